The average Bonchev–Trinajstić information content (AvgIpc) is 2.19. The second kappa shape index (κ2) is 24.6. The first-order valence-electron chi connectivity index (χ1n) is 3.32. The van der Waals surface area contributed by atoms with Crippen molar-refractivity contribution in [1.29, 1.82) is 0 Å². The third-order valence-electron chi connectivity index (χ3n) is 0.500. The van der Waals surface area contributed by atoms with Gasteiger partial charge in [0.15, 0.2) is 0 Å². The maximum Gasteiger partial charge on any atom is 3.00 e. The Labute approximate surface area is 142 Å². The molecule has 0 aromatic heterocycles. The van der Waals surface area contributed by atoms with Crippen LogP contribution in [-0.4, -0.2) is 55.6 Å². The summed E-state index contributed by atoms with van der Waals surface area (Å²) in [4.78, 5) is 27.4. The molecule has 17 heavy (non-hydrogen) atoms. The molecule has 0 aromatic carbocycles. The molecule has 8 heteroatoms. The second-order valence-corrected chi connectivity index (χ2v) is 1.57. The van der Waals surface area contributed by atoms with Crippen molar-refractivity contribution in [3.8, 4) is 0 Å². The summed E-state index contributed by atoms with van der Waals surface area (Å²) in [6, 6.07) is 0. The predicted octanol–water partition coefficient (Wildman–Crippen LogP) is -3.39. The maximum atomic E-state index is 9.14. The molecule has 6 nitrogen and oxygen atoms in total. The first-order valence-corrected chi connectivity index (χ1v) is 3.32. The van der Waals surface area contributed by atoms with E-state index >= 15 is 0 Å². The van der Waals surface area contributed by atoms with Crippen molar-refractivity contribution in [2.24, 2.45) is 0 Å². The van der Waals surface area contributed by atoms with Crippen LogP contribution in [-0.2, 0) is 31.5 Å². The van der Waals surface area contributed by atoms with Crippen molar-refractivity contribution in [2.75, 3.05) is 0 Å². The van der Waals surface area contributed by atoms with E-state index < -0.39 is 17.9 Å². The summed E-state index contributed by atoms with van der Waals surface area (Å²) in [5, 5.41) is 27.4. The third kappa shape index (κ3) is 94.7. The Bertz CT molecular complexity index is 231. The predicted molar refractivity (Wildman–Crippen MR) is 53.6 cm³/mol. The quantitative estimate of drug-likeness (QED) is 0.396. The molecule has 0 unspecified atom stereocenters. The number of carboxylic acids is 3. The van der Waals surface area contributed by atoms with Crippen molar-refractivity contribution in [3.05, 3.63) is 38.0 Å². The van der Waals surface area contributed by atoms with E-state index in [1.165, 1.54) is 0 Å². The summed E-state index contributed by atoms with van der Waals surface area (Å²) >= 11 is 0. The minimum absolute atomic E-state index is 0. The zero-order valence-corrected chi connectivity index (χ0v) is 12.2. The van der Waals surface area contributed by atoms with Crippen molar-refractivity contribution < 1.29 is 49.6 Å². The number of hydrogen-bond donors (Lipinski definition) is 0. The van der Waals surface area contributed by atoms with Crippen LogP contribution in [0.25, 0.3) is 0 Å². The molecule has 0 heterocycles. The van der Waals surface area contributed by atoms with Crippen molar-refractivity contribution in [1.82, 2.24) is 0 Å². The molecular formula is C9H11CaFeO6. The van der Waals surface area contributed by atoms with Crippen molar-refractivity contribution in [3.63, 3.8) is 0 Å². The zero-order chi connectivity index (χ0) is 12.9. The van der Waals surface area contributed by atoms with Gasteiger partial charge >= 0.3 is 54.8 Å². The van der Waals surface area contributed by atoms with Gasteiger partial charge in [-0.1, -0.05) is 19.7 Å². The molecule has 0 amide bonds. The van der Waals surface area contributed by atoms with Gasteiger partial charge in [0.25, 0.3) is 0 Å². The van der Waals surface area contributed by atoms with E-state index in [2.05, 4.69) is 19.7 Å². The van der Waals surface area contributed by atoms with Gasteiger partial charge < -0.3 is 32.6 Å². The SMILES string of the molecule is C=CC(=O)[O-].C=CC(=O)[O-].C=CC(=O)[O-].[Ca+2].[Fe+3].[H-].[H-]. The minimum atomic E-state index is -1.23. The first kappa shape index (κ1) is 29.9. The van der Waals surface area contributed by atoms with Crippen molar-refractivity contribution >= 4 is 55.6 Å². The van der Waals surface area contributed by atoms with Crippen LogP contribution in [0.3, 0.4) is 0 Å². The van der Waals surface area contributed by atoms with E-state index in [1.807, 2.05) is 0 Å². The molecule has 0 aliphatic rings. The Morgan fingerprint density at radius 3 is 0.824 bits per heavy atom. The van der Waals surface area contributed by atoms with Gasteiger partial charge in [-0.25, -0.2) is 0 Å². The van der Waals surface area contributed by atoms with E-state index in [-0.39, 0.29) is 57.7 Å². The average molecular weight is 311 g/mol. The van der Waals surface area contributed by atoms with E-state index in [9.17, 15) is 0 Å². The van der Waals surface area contributed by atoms with Crippen LogP contribution in [0.15, 0.2) is 38.0 Å². The molecule has 0 N–H and O–H groups in total. The summed E-state index contributed by atoms with van der Waals surface area (Å²) < 4.78 is 0. The Balaban J connectivity index is -0.0000000206. The molecule has 93 valence electrons. The number of carbonyl (C=O) groups excluding carboxylic acids is 3. The van der Waals surface area contributed by atoms with Crippen LogP contribution in [0.4, 0.5) is 0 Å². The Kier molecular flexibility index (Phi) is 43.3. The minimum Gasteiger partial charge on any atom is -1.00 e. The van der Waals surface area contributed by atoms with Crippen LogP contribution in [0.1, 0.15) is 2.85 Å². The summed E-state index contributed by atoms with van der Waals surface area (Å²) in [7, 11) is 0. The molecule has 0 aliphatic heterocycles. The molecule has 0 aliphatic carbocycles. The molecule has 0 rings (SSSR count). The molecule has 0 fully saturated rings. The van der Waals surface area contributed by atoms with Crippen LogP contribution in [0.5, 0.6) is 0 Å². The largest absolute Gasteiger partial charge is 3.00 e. The van der Waals surface area contributed by atoms with Crippen LogP contribution >= 0.6 is 0 Å². The van der Waals surface area contributed by atoms with Gasteiger partial charge in [0, 0.05) is 0 Å². The number of carboxylic acid groups (broad SMARTS) is 3. The summed E-state index contributed by atoms with van der Waals surface area (Å²) in [5.41, 5.74) is 0. The topological polar surface area (TPSA) is 120 Å². The van der Waals surface area contributed by atoms with Gasteiger partial charge in [-0.2, -0.15) is 0 Å². The number of hydrogen-bond acceptors (Lipinski definition) is 6. The molecule has 0 saturated heterocycles. The Hall–Kier alpha value is -0.591. The fraction of sp³-hybridized carbons (Fsp3) is 0. The molecule has 0 spiro atoms. The van der Waals surface area contributed by atoms with Gasteiger partial charge in [-0.05, 0) is 18.2 Å². The molecule has 1 radical (unpaired) electrons. The van der Waals surface area contributed by atoms with Crippen molar-refractivity contribution in [2.45, 2.75) is 0 Å². The fourth-order valence-electron chi connectivity index (χ4n) is 0. The number of aliphatic carboxylic acids is 3. The summed E-state index contributed by atoms with van der Waals surface area (Å²) in [6.07, 6.45) is 2.17. The molecular weight excluding hydrogens is 300 g/mol. The Morgan fingerprint density at radius 2 is 0.824 bits per heavy atom. The second-order valence-electron chi connectivity index (χ2n) is 1.57. The zero-order valence-electron chi connectivity index (χ0n) is 10.9. The van der Waals surface area contributed by atoms with E-state index in [4.69, 9.17) is 29.7 Å². The first-order chi connectivity index (χ1) is 6.81. The molecule has 0 atom stereocenters. The van der Waals surface area contributed by atoms with E-state index in [0.717, 1.165) is 18.2 Å². The van der Waals surface area contributed by atoms with Gasteiger partial charge in [0.1, 0.15) is 0 Å². The molecule has 0 bridgehead atoms. The van der Waals surface area contributed by atoms with Gasteiger partial charge in [0.05, 0.1) is 17.9 Å². The summed E-state index contributed by atoms with van der Waals surface area (Å²) in [6.45, 7) is 8.69. The molecule has 0 saturated carbocycles. The van der Waals surface area contributed by atoms with Gasteiger partial charge in [0.2, 0.25) is 0 Å². The van der Waals surface area contributed by atoms with Crippen LogP contribution < -0.4 is 15.3 Å². The Morgan fingerprint density at radius 1 is 0.765 bits per heavy atom. The maximum absolute atomic E-state index is 9.14. The standard InChI is InChI=1S/3C3H4O2.Ca.Fe.2H/c3*1-2-3(4)5;;;;/h3*2H,1H2,(H,4,5);;;;/q;;;+2;+3;2*-1/p-3. The van der Waals surface area contributed by atoms with E-state index in [0.29, 0.717) is 0 Å². The van der Waals surface area contributed by atoms with Crippen LogP contribution in [0.2, 0.25) is 0 Å². The summed E-state index contributed by atoms with van der Waals surface area (Å²) in [5.74, 6) is -3.69. The monoisotopic (exact) mass is 311 g/mol. The fourth-order valence-corrected chi connectivity index (χ4v) is 0. The third-order valence-corrected chi connectivity index (χ3v) is 0.500. The van der Waals surface area contributed by atoms with E-state index in [1.54, 1.807) is 0 Å². The van der Waals surface area contributed by atoms with Gasteiger partial charge in [-0.3, -0.25) is 0 Å². The number of carbonyl (C=O) groups is 3. The normalized spacial score (nSPS) is 5.65. The molecule has 0 aromatic rings. The van der Waals surface area contributed by atoms with Gasteiger partial charge in [-0.15, -0.1) is 0 Å². The smallest absolute Gasteiger partial charge is 1.00 e. The van der Waals surface area contributed by atoms with Crippen LogP contribution in [0, 0.1) is 0 Å². The number of rotatable bonds is 3.